The maximum Gasteiger partial charge on any atom is 0.304 e. The molecule has 1 aromatic carbocycles. The van der Waals surface area contributed by atoms with Crippen molar-refractivity contribution in [3.05, 3.63) is 30.2 Å². The lowest BCUT2D eigenvalue weighted by Gasteiger charge is -2.21. The predicted octanol–water partition coefficient (Wildman–Crippen LogP) is 1.81. The summed E-state index contributed by atoms with van der Waals surface area (Å²) < 4.78 is 32.2. The van der Waals surface area contributed by atoms with Crippen molar-refractivity contribution in [2.75, 3.05) is 19.6 Å². The normalized spacial score (nSPS) is 15.4. The number of benzene rings is 1. The maximum atomic E-state index is 12.3. The molecule has 0 aliphatic carbocycles. The monoisotopic (exact) mass is 422 g/mol. The highest BCUT2D eigenvalue weighted by Crippen LogP contribution is 2.22. The molecule has 0 atom stereocenters. The second kappa shape index (κ2) is 9.95. The van der Waals surface area contributed by atoms with Crippen molar-refractivity contribution in [1.29, 1.82) is 0 Å². The van der Waals surface area contributed by atoms with Crippen LogP contribution in [-0.2, 0) is 21.2 Å². The predicted molar refractivity (Wildman–Crippen MR) is 106 cm³/mol. The number of carbonyl (C=O) groups is 1. The quantitative estimate of drug-likeness (QED) is 0.528. The second-order valence-electron chi connectivity index (χ2n) is 7.17. The first kappa shape index (κ1) is 21.4. The molecule has 3 rings (SSSR count). The van der Waals surface area contributed by atoms with Gasteiger partial charge in [-0.1, -0.05) is 17.3 Å². The Morgan fingerprint density at radius 1 is 1.31 bits per heavy atom. The first-order valence-electron chi connectivity index (χ1n) is 9.79. The molecular formula is C19H26N4O5S. The molecule has 0 bridgehead atoms. The molecule has 9 nitrogen and oxygen atoms in total. The summed E-state index contributed by atoms with van der Waals surface area (Å²) in [4.78, 5) is 15.0. The van der Waals surface area contributed by atoms with Gasteiger partial charge in [0.1, 0.15) is 0 Å². The van der Waals surface area contributed by atoms with Crippen LogP contribution in [0.1, 0.15) is 38.0 Å². The molecule has 0 spiro atoms. The van der Waals surface area contributed by atoms with Crippen molar-refractivity contribution in [3.8, 4) is 11.4 Å². The molecule has 3 N–H and O–H groups in total. The molecule has 1 aromatic heterocycles. The van der Waals surface area contributed by atoms with E-state index in [4.69, 9.17) is 9.63 Å². The van der Waals surface area contributed by atoms with Crippen molar-refractivity contribution in [1.82, 2.24) is 20.2 Å². The van der Waals surface area contributed by atoms with E-state index in [1.807, 2.05) is 0 Å². The fourth-order valence-corrected chi connectivity index (χ4v) is 4.44. The van der Waals surface area contributed by atoms with E-state index in [0.29, 0.717) is 23.7 Å². The highest BCUT2D eigenvalue weighted by molar-refractivity contribution is 7.89. The van der Waals surface area contributed by atoms with Crippen LogP contribution >= 0.6 is 0 Å². The van der Waals surface area contributed by atoms with E-state index in [-0.39, 0.29) is 17.9 Å². The molecular weight excluding hydrogens is 396 g/mol. The maximum absolute atomic E-state index is 12.3. The number of nitrogens with zero attached hydrogens (tertiary/aromatic N) is 2. The topological polar surface area (TPSA) is 134 Å². The summed E-state index contributed by atoms with van der Waals surface area (Å²) in [6.45, 7) is 1.99. The van der Waals surface area contributed by atoms with Gasteiger partial charge in [0.25, 0.3) is 0 Å². The van der Waals surface area contributed by atoms with Gasteiger partial charge in [-0.2, -0.15) is 4.98 Å². The Morgan fingerprint density at radius 3 is 2.86 bits per heavy atom. The smallest absolute Gasteiger partial charge is 0.304 e. The third kappa shape index (κ3) is 6.34. The molecule has 158 valence electrons. The standard InChI is InChI=1S/C19H26N4O5S/c24-18(25)9-12-21-29(26,27)16-5-2-4-15(13-16)19-22-17(28-23-19)6-1-3-14-7-10-20-11-8-14/h2,4-5,13-14,20-21H,1,3,6-12H2,(H,24,25). The van der Waals surface area contributed by atoms with Crippen molar-refractivity contribution in [3.63, 3.8) is 0 Å². The molecule has 1 aliphatic rings. The number of rotatable bonds is 10. The number of aromatic nitrogens is 2. The largest absolute Gasteiger partial charge is 0.481 e. The Labute approximate surface area is 169 Å². The minimum absolute atomic E-state index is 0.0256. The number of carboxylic acids is 1. The van der Waals surface area contributed by atoms with Gasteiger partial charge in [0, 0.05) is 18.5 Å². The van der Waals surface area contributed by atoms with Crippen LogP contribution in [0.5, 0.6) is 0 Å². The highest BCUT2D eigenvalue weighted by atomic mass is 32.2. The van der Waals surface area contributed by atoms with E-state index < -0.39 is 16.0 Å². The summed E-state index contributed by atoms with van der Waals surface area (Å²) in [6, 6.07) is 6.19. The number of aliphatic carboxylic acids is 1. The molecule has 2 aromatic rings. The van der Waals surface area contributed by atoms with Crippen LogP contribution < -0.4 is 10.0 Å². The lowest BCUT2D eigenvalue weighted by Crippen LogP contribution is -2.27. The first-order valence-corrected chi connectivity index (χ1v) is 11.3. The molecule has 0 amide bonds. The average Bonchev–Trinajstić information content (AvgIpc) is 3.17. The molecule has 1 fully saturated rings. The summed E-state index contributed by atoms with van der Waals surface area (Å²) in [7, 11) is -3.81. The summed E-state index contributed by atoms with van der Waals surface area (Å²) in [5, 5.41) is 16.0. The Kier molecular flexibility index (Phi) is 7.34. The SMILES string of the molecule is O=C(O)CCNS(=O)(=O)c1cccc(-c2noc(CCCC3CCNCC3)n2)c1. The van der Waals surface area contributed by atoms with E-state index in [2.05, 4.69) is 20.2 Å². The number of piperidine rings is 1. The summed E-state index contributed by atoms with van der Waals surface area (Å²) in [5.41, 5.74) is 0.527. The van der Waals surface area contributed by atoms with E-state index in [1.54, 1.807) is 12.1 Å². The number of aryl methyl sites for hydroxylation is 1. The van der Waals surface area contributed by atoms with Crippen LogP contribution in [0, 0.1) is 5.92 Å². The fraction of sp³-hybridized carbons (Fsp3) is 0.526. The van der Waals surface area contributed by atoms with Gasteiger partial charge in [-0.3, -0.25) is 4.79 Å². The number of hydrogen-bond donors (Lipinski definition) is 3. The van der Waals surface area contributed by atoms with E-state index in [1.165, 1.54) is 25.0 Å². The van der Waals surface area contributed by atoms with Crippen LogP contribution in [-0.4, -0.2) is 49.3 Å². The van der Waals surface area contributed by atoms with Crippen LogP contribution in [0.2, 0.25) is 0 Å². The third-order valence-corrected chi connectivity index (χ3v) is 6.42. The molecule has 1 saturated heterocycles. The Bertz CT molecular complexity index is 922. The summed E-state index contributed by atoms with van der Waals surface area (Å²) in [6.07, 6.45) is 4.94. The van der Waals surface area contributed by atoms with Crippen LogP contribution in [0.15, 0.2) is 33.7 Å². The molecule has 1 aliphatic heterocycles. The number of sulfonamides is 1. The molecule has 29 heavy (non-hydrogen) atoms. The highest BCUT2D eigenvalue weighted by Gasteiger charge is 2.17. The van der Waals surface area contributed by atoms with Crippen molar-refractivity contribution in [2.45, 2.75) is 43.4 Å². The zero-order valence-electron chi connectivity index (χ0n) is 16.1. The lowest BCUT2D eigenvalue weighted by molar-refractivity contribution is -0.136. The van der Waals surface area contributed by atoms with Gasteiger partial charge in [-0.05, 0) is 56.8 Å². The summed E-state index contributed by atoms with van der Waals surface area (Å²) >= 11 is 0. The molecule has 0 radical (unpaired) electrons. The van der Waals surface area contributed by atoms with Gasteiger partial charge >= 0.3 is 5.97 Å². The number of nitrogens with one attached hydrogen (secondary N) is 2. The lowest BCUT2D eigenvalue weighted by atomic mass is 9.92. The number of carboxylic acid groups (broad SMARTS) is 1. The zero-order chi connectivity index (χ0) is 20.7. The zero-order valence-corrected chi connectivity index (χ0v) is 17.0. The molecule has 10 heteroatoms. The second-order valence-corrected chi connectivity index (χ2v) is 8.93. The Hall–Kier alpha value is -2.30. The van der Waals surface area contributed by atoms with Crippen LogP contribution in [0.3, 0.4) is 0 Å². The van der Waals surface area contributed by atoms with Crippen molar-refractivity contribution in [2.24, 2.45) is 5.92 Å². The van der Waals surface area contributed by atoms with Gasteiger partial charge in [0.2, 0.25) is 21.7 Å². The van der Waals surface area contributed by atoms with Gasteiger partial charge < -0.3 is 14.9 Å². The van der Waals surface area contributed by atoms with E-state index >= 15 is 0 Å². The Balaban J connectivity index is 1.59. The van der Waals surface area contributed by atoms with Crippen LogP contribution in [0.25, 0.3) is 11.4 Å². The van der Waals surface area contributed by atoms with Crippen LogP contribution in [0.4, 0.5) is 0 Å². The van der Waals surface area contributed by atoms with Crippen molar-refractivity contribution < 1.29 is 22.8 Å². The molecule has 2 heterocycles. The van der Waals surface area contributed by atoms with E-state index in [0.717, 1.165) is 31.8 Å². The van der Waals surface area contributed by atoms with E-state index in [9.17, 15) is 13.2 Å². The fourth-order valence-electron chi connectivity index (χ4n) is 3.36. The first-order chi connectivity index (χ1) is 13.9. The van der Waals surface area contributed by atoms with Gasteiger partial charge in [-0.25, -0.2) is 13.1 Å². The minimum Gasteiger partial charge on any atom is -0.481 e. The summed E-state index contributed by atoms with van der Waals surface area (Å²) in [5.74, 6) is 0.557. The molecule has 0 saturated carbocycles. The minimum atomic E-state index is -3.81. The average molecular weight is 423 g/mol. The van der Waals surface area contributed by atoms with Gasteiger partial charge in [-0.15, -0.1) is 0 Å². The third-order valence-electron chi connectivity index (χ3n) is 4.96. The van der Waals surface area contributed by atoms with Gasteiger partial charge in [0.15, 0.2) is 0 Å². The number of hydrogen-bond acceptors (Lipinski definition) is 7. The van der Waals surface area contributed by atoms with Gasteiger partial charge in [0.05, 0.1) is 11.3 Å². The molecule has 0 unspecified atom stereocenters. The Morgan fingerprint density at radius 2 is 2.10 bits per heavy atom. The van der Waals surface area contributed by atoms with Crippen molar-refractivity contribution >= 4 is 16.0 Å².